The molecule has 1 saturated carbocycles. The van der Waals surface area contributed by atoms with Crippen molar-refractivity contribution in [3.8, 4) is 11.3 Å². The molecule has 1 heterocycles. The highest BCUT2D eigenvalue weighted by molar-refractivity contribution is 6.35. The lowest BCUT2D eigenvalue weighted by molar-refractivity contribution is -0.139. The van der Waals surface area contributed by atoms with Crippen molar-refractivity contribution < 1.29 is 32.0 Å². The van der Waals surface area contributed by atoms with Crippen LogP contribution in [0.4, 0.5) is 17.6 Å². The number of carbonyl (C=O) groups is 1. The fourth-order valence-corrected chi connectivity index (χ4v) is 3.10. The van der Waals surface area contributed by atoms with E-state index in [1.54, 1.807) is 0 Å². The van der Waals surface area contributed by atoms with Crippen LogP contribution in [-0.4, -0.2) is 28.3 Å². The highest BCUT2D eigenvalue weighted by Gasteiger charge is 2.35. The zero-order valence-electron chi connectivity index (χ0n) is 13.1. The van der Waals surface area contributed by atoms with E-state index in [2.05, 4.69) is 10.5 Å². The van der Waals surface area contributed by atoms with Crippen LogP contribution in [0.3, 0.4) is 0 Å². The van der Waals surface area contributed by atoms with Gasteiger partial charge < -0.3 is 14.9 Å². The van der Waals surface area contributed by atoms with Gasteiger partial charge in [-0.3, -0.25) is 4.79 Å². The van der Waals surface area contributed by atoms with Crippen molar-refractivity contribution in [2.45, 2.75) is 37.6 Å². The molecule has 1 aromatic heterocycles. The molecule has 1 aliphatic carbocycles. The van der Waals surface area contributed by atoms with Gasteiger partial charge in [-0.2, -0.15) is 13.2 Å². The quantitative estimate of drug-likeness (QED) is 0.779. The molecule has 26 heavy (non-hydrogen) atoms. The van der Waals surface area contributed by atoms with E-state index in [-0.39, 0.29) is 22.0 Å². The number of amides is 1. The molecule has 0 radical (unpaired) electrons. The zero-order chi connectivity index (χ0) is 19.1. The molecule has 0 aliphatic heterocycles. The minimum absolute atomic E-state index is 0.0899. The summed E-state index contributed by atoms with van der Waals surface area (Å²) in [5, 5.41) is 15.6. The molecular formula is C16H13ClF4N2O3. The lowest BCUT2D eigenvalue weighted by atomic mass is 10.1. The van der Waals surface area contributed by atoms with E-state index in [0.29, 0.717) is 25.0 Å². The summed E-state index contributed by atoms with van der Waals surface area (Å²) < 4.78 is 56.5. The van der Waals surface area contributed by atoms with Crippen molar-refractivity contribution in [2.75, 3.05) is 0 Å². The molecule has 2 aromatic rings. The zero-order valence-corrected chi connectivity index (χ0v) is 13.9. The van der Waals surface area contributed by atoms with E-state index >= 15 is 0 Å². The van der Waals surface area contributed by atoms with Gasteiger partial charge in [-0.05, 0) is 31.4 Å². The maximum Gasteiger partial charge on any atom is 0.419 e. The molecule has 0 bridgehead atoms. The Bertz CT molecular complexity index is 837. The third kappa shape index (κ3) is 3.54. The number of halogens is 5. The third-order valence-electron chi connectivity index (χ3n) is 4.18. The van der Waals surface area contributed by atoms with Gasteiger partial charge in [0.2, 0.25) is 0 Å². The molecule has 0 unspecified atom stereocenters. The maximum atomic E-state index is 13.7. The first-order valence-electron chi connectivity index (χ1n) is 7.69. The number of alkyl halides is 3. The minimum atomic E-state index is -4.83. The second-order valence-corrected chi connectivity index (χ2v) is 6.32. The molecule has 1 amide bonds. The summed E-state index contributed by atoms with van der Waals surface area (Å²) in [6.07, 6.45) is -3.59. The number of carbonyl (C=O) groups excluding carboxylic acids is 1. The van der Waals surface area contributed by atoms with Crippen molar-refractivity contribution in [3.05, 3.63) is 40.3 Å². The van der Waals surface area contributed by atoms with Crippen molar-refractivity contribution in [1.29, 1.82) is 0 Å². The number of hydrogen-bond acceptors (Lipinski definition) is 4. The smallest absolute Gasteiger partial charge is 0.391 e. The molecule has 2 N–H and O–H groups in total. The van der Waals surface area contributed by atoms with Gasteiger partial charge in [0.05, 0.1) is 17.7 Å². The Morgan fingerprint density at radius 3 is 2.65 bits per heavy atom. The topological polar surface area (TPSA) is 75.4 Å². The van der Waals surface area contributed by atoms with Crippen LogP contribution in [0.15, 0.2) is 22.7 Å². The SMILES string of the molecule is O=C(N[C@@H]1CCC[C@@H]1O)c1noc(-c2ccc(C(F)(F)F)c(F)c2)c1Cl. The predicted molar refractivity (Wildman–Crippen MR) is 83.0 cm³/mol. The highest BCUT2D eigenvalue weighted by Crippen LogP contribution is 2.36. The first-order valence-corrected chi connectivity index (χ1v) is 8.07. The molecular weight excluding hydrogens is 380 g/mol. The lowest BCUT2D eigenvalue weighted by Crippen LogP contribution is -2.40. The Morgan fingerprint density at radius 1 is 1.35 bits per heavy atom. The highest BCUT2D eigenvalue weighted by atomic mass is 35.5. The number of aliphatic hydroxyl groups excluding tert-OH is 1. The fraction of sp³-hybridized carbons (Fsp3) is 0.375. The molecule has 2 atom stereocenters. The monoisotopic (exact) mass is 392 g/mol. The average Bonchev–Trinajstić information content (AvgIpc) is 3.12. The maximum absolute atomic E-state index is 13.7. The van der Waals surface area contributed by atoms with Gasteiger partial charge in [-0.1, -0.05) is 22.8 Å². The Balaban J connectivity index is 1.85. The molecule has 140 valence electrons. The largest absolute Gasteiger partial charge is 0.419 e. The number of nitrogens with one attached hydrogen (secondary N) is 1. The first kappa shape index (κ1) is 18.7. The number of aromatic nitrogens is 1. The number of aliphatic hydroxyl groups is 1. The second kappa shape index (κ2) is 6.88. The Morgan fingerprint density at radius 2 is 2.08 bits per heavy atom. The van der Waals surface area contributed by atoms with Crippen LogP contribution in [0.25, 0.3) is 11.3 Å². The summed E-state index contributed by atoms with van der Waals surface area (Å²) in [4.78, 5) is 12.2. The van der Waals surface area contributed by atoms with Crippen molar-refractivity contribution in [2.24, 2.45) is 0 Å². The number of rotatable bonds is 3. The average molecular weight is 393 g/mol. The normalized spacial score (nSPS) is 20.4. The molecule has 5 nitrogen and oxygen atoms in total. The van der Waals surface area contributed by atoms with E-state index in [4.69, 9.17) is 16.1 Å². The van der Waals surface area contributed by atoms with Crippen LogP contribution < -0.4 is 5.32 Å². The summed E-state index contributed by atoms with van der Waals surface area (Å²) in [7, 11) is 0. The van der Waals surface area contributed by atoms with E-state index in [1.807, 2.05) is 0 Å². The molecule has 10 heteroatoms. The molecule has 1 aliphatic rings. The summed E-state index contributed by atoms with van der Waals surface area (Å²) in [6.45, 7) is 0. The van der Waals surface area contributed by atoms with Gasteiger partial charge in [-0.15, -0.1) is 0 Å². The van der Waals surface area contributed by atoms with Crippen LogP contribution in [0.1, 0.15) is 35.3 Å². The van der Waals surface area contributed by atoms with Gasteiger partial charge >= 0.3 is 6.18 Å². The number of hydrogen-bond donors (Lipinski definition) is 2. The lowest BCUT2D eigenvalue weighted by Gasteiger charge is -2.15. The molecule has 1 fully saturated rings. The van der Waals surface area contributed by atoms with Crippen LogP contribution >= 0.6 is 11.6 Å². The third-order valence-corrected chi connectivity index (χ3v) is 4.53. The molecule has 3 rings (SSSR count). The van der Waals surface area contributed by atoms with Gasteiger partial charge in [0.15, 0.2) is 11.5 Å². The predicted octanol–water partition coefficient (Wildman–Crippen LogP) is 3.80. The first-order chi connectivity index (χ1) is 12.2. The minimum Gasteiger partial charge on any atom is -0.391 e. The van der Waals surface area contributed by atoms with Crippen LogP contribution in [0.5, 0.6) is 0 Å². The van der Waals surface area contributed by atoms with Crippen LogP contribution in [-0.2, 0) is 6.18 Å². The summed E-state index contributed by atoms with van der Waals surface area (Å²) >= 11 is 6.03. The van der Waals surface area contributed by atoms with Crippen molar-refractivity contribution >= 4 is 17.5 Å². The number of nitrogens with zero attached hydrogens (tertiary/aromatic N) is 1. The summed E-state index contributed by atoms with van der Waals surface area (Å²) in [6, 6.07) is 1.69. The fourth-order valence-electron chi connectivity index (χ4n) is 2.83. The van der Waals surface area contributed by atoms with Crippen LogP contribution in [0.2, 0.25) is 5.02 Å². The van der Waals surface area contributed by atoms with Gasteiger partial charge in [0, 0.05) is 5.56 Å². The van der Waals surface area contributed by atoms with Crippen LogP contribution in [0, 0.1) is 5.82 Å². The molecule has 1 aromatic carbocycles. The van der Waals surface area contributed by atoms with Gasteiger partial charge in [0.1, 0.15) is 10.8 Å². The van der Waals surface area contributed by atoms with Gasteiger partial charge in [0.25, 0.3) is 5.91 Å². The van der Waals surface area contributed by atoms with E-state index in [1.165, 1.54) is 0 Å². The summed E-state index contributed by atoms with van der Waals surface area (Å²) in [5.41, 5.74) is -1.81. The molecule has 0 spiro atoms. The van der Waals surface area contributed by atoms with Crippen molar-refractivity contribution in [3.63, 3.8) is 0 Å². The van der Waals surface area contributed by atoms with Gasteiger partial charge in [-0.25, -0.2) is 4.39 Å². The number of benzene rings is 1. The van der Waals surface area contributed by atoms with E-state index in [0.717, 1.165) is 12.5 Å². The Hall–Kier alpha value is -2.13. The standard InChI is InChI=1S/C16H13ClF4N2O3/c17-12-13(15(25)22-10-2-1-3-11(10)24)23-26-14(12)7-4-5-8(9(18)6-7)16(19,20)21/h4-6,10-11,24H,1-3H2,(H,22,25)/t10-,11+/m1/s1. The second-order valence-electron chi connectivity index (χ2n) is 5.94. The van der Waals surface area contributed by atoms with E-state index < -0.39 is 35.6 Å². The Kier molecular flexibility index (Phi) is 4.94. The Labute approximate surface area is 149 Å². The van der Waals surface area contributed by atoms with Crippen molar-refractivity contribution in [1.82, 2.24) is 10.5 Å². The van der Waals surface area contributed by atoms with E-state index in [9.17, 15) is 27.5 Å². The summed E-state index contributed by atoms with van der Waals surface area (Å²) in [5.74, 6) is -2.41. The molecule has 0 saturated heterocycles.